The Hall–Kier alpha value is -3.24. The van der Waals surface area contributed by atoms with E-state index in [1.165, 1.54) is 0 Å². The number of carbonyl (C=O) groups excluding carboxylic acids is 1. The average Bonchev–Trinajstić information content (AvgIpc) is 3.03. The molecule has 136 valence electrons. The number of hydrogen-bond donors (Lipinski definition) is 0. The first-order chi connectivity index (χ1) is 13.7. The summed E-state index contributed by atoms with van der Waals surface area (Å²) < 4.78 is 6.19. The molecule has 2 aromatic rings. The van der Waals surface area contributed by atoms with E-state index in [9.17, 15) is 4.79 Å². The number of fused-ring (bicyclic) bond motifs is 7. The summed E-state index contributed by atoms with van der Waals surface area (Å²) in [6.45, 7) is 0.544. The fourth-order valence-corrected chi connectivity index (χ4v) is 4.49. The summed E-state index contributed by atoms with van der Waals surface area (Å²) in [6.07, 6.45) is 6.19. The van der Waals surface area contributed by atoms with Gasteiger partial charge in [-0.2, -0.15) is 0 Å². The summed E-state index contributed by atoms with van der Waals surface area (Å²) in [6, 6.07) is 16.2. The molecule has 3 heterocycles. The van der Waals surface area contributed by atoms with Gasteiger partial charge in [-0.15, -0.1) is 0 Å². The predicted molar refractivity (Wildman–Crippen MR) is 108 cm³/mol. The summed E-state index contributed by atoms with van der Waals surface area (Å²) in [5, 5.41) is 0.483. The van der Waals surface area contributed by atoms with Crippen molar-refractivity contribution in [3.8, 4) is 5.75 Å². The van der Waals surface area contributed by atoms with E-state index in [1.807, 2.05) is 36.4 Å². The van der Waals surface area contributed by atoms with Crippen molar-refractivity contribution in [2.45, 2.75) is 6.42 Å². The van der Waals surface area contributed by atoms with Crippen LogP contribution in [0.2, 0.25) is 0 Å². The molecule has 0 spiro atoms. The standard InChI is InChI=1S/C23H15ClN2O2/c24-17-9-10-18(27)22-23(17)28-19-8-4-3-7-16(19)21-20-15-6-2-1-5-14(15)11-12-25(20)13-26(21)22/h1-9,11-12H,10,13H2. The Morgan fingerprint density at radius 2 is 1.71 bits per heavy atom. The number of allylic oxidation sites excluding steroid dienone is 3. The van der Waals surface area contributed by atoms with Crippen LogP contribution in [0.3, 0.4) is 0 Å². The fraction of sp³-hybridized carbons (Fsp3) is 0.0870. The SMILES string of the molecule is O=C1CC=C(Cl)C2=C1N1CN3C=Cc4ccccc4C3=C1c1ccccc1O2. The lowest BCUT2D eigenvalue weighted by atomic mass is 9.97. The number of halogens is 1. The number of nitrogens with zero attached hydrogens (tertiary/aromatic N) is 2. The van der Waals surface area contributed by atoms with E-state index in [0.29, 0.717) is 28.9 Å². The topological polar surface area (TPSA) is 32.8 Å². The van der Waals surface area contributed by atoms with E-state index in [1.54, 1.807) is 6.08 Å². The first-order valence-corrected chi connectivity index (χ1v) is 9.57. The van der Waals surface area contributed by atoms with Gasteiger partial charge in [-0.3, -0.25) is 4.79 Å². The molecule has 0 aromatic heterocycles. The third kappa shape index (κ3) is 2.04. The fourth-order valence-electron chi connectivity index (χ4n) is 4.29. The van der Waals surface area contributed by atoms with E-state index in [0.717, 1.165) is 28.1 Å². The Kier molecular flexibility index (Phi) is 3.17. The normalized spacial score (nSPS) is 19.3. The van der Waals surface area contributed by atoms with Gasteiger partial charge in [0.2, 0.25) is 0 Å². The van der Waals surface area contributed by atoms with Crippen LogP contribution in [0.1, 0.15) is 23.1 Å². The van der Waals surface area contributed by atoms with Crippen molar-refractivity contribution in [2.75, 3.05) is 6.67 Å². The van der Waals surface area contributed by atoms with Crippen LogP contribution >= 0.6 is 11.6 Å². The van der Waals surface area contributed by atoms with Crippen molar-refractivity contribution in [3.05, 3.63) is 94.0 Å². The van der Waals surface area contributed by atoms with Gasteiger partial charge in [0.05, 0.1) is 23.1 Å². The second-order valence-electron chi connectivity index (χ2n) is 7.09. The van der Waals surface area contributed by atoms with Gasteiger partial charge in [-0.1, -0.05) is 54.1 Å². The molecule has 0 atom stereocenters. The Balaban J connectivity index is 1.71. The molecule has 0 amide bonds. The number of hydrogen-bond acceptors (Lipinski definition) is 4. The summed E-state index contributed by atoms with van der Waals surface area (Å²) in [5.41, 5.74) is 5.86. The molecule has 1 aliphatic carbocycles. The van der Waals surface area contributed by atoms with Crippen molar-refractivity contribution < 1.29 is 9.53 Å². The molecule has 5 heteroatoms. The maximum absolute atomic E-state index is 12.9. The van der Waals surface area contributed by atoms with Gasteiger partial charge < -0.3 is 14.5 Å². The van der Waals surface area contributed by atoms with Crippen molar-refractivity contribution >= 4 is 34.9 Å². The van der Waals surface area contributed by atoms with Crippen molar-refractivity contribution in [1.29, 1.82) is 0 Å². The Bertz CT molecular complexity index is 1190. The molecule has 0 unspecified atom stereocenters. The van der Waals surface area contributed by atoms with Crippen LogP contribution in [0.4, 0.5) is 0 Å². The van der Waals surface area contributed by atoms with Gasteiger partial charge in [0, 0.05) is 23.7 Å². The summed E-state index contributed by atoms with van der Waals surface area (Å²) >= 11 is 6.47. The first-order valence-electron chi connectivity index (χ1n) is 9.19. The highest BCUT2D eigenvalue weighted by molar-refractivity contribution is 6.33. The average molecular weight is 387 g/mol. The lowest BCUT2D eigenvalue weighted by molar-refractivity contribution is -0.116. The minimum atomic E-state index is 0.0161. The van der Waals surface area contributed by atoms with E-state index in [-0.39, 0.29) is 12.2 Å². The lowest BCUT2D eigenvalue weighted by Crippen LogP contribution is -2.30. The number of para-hydroxylation sites is 1. The van der Waals surface area contributed by atoms with Crippen molar-refractivity contribution in [1.82, 2.24) is 9.80 Å². The van der Waals surface area contributed by atoms with Crippen LogP contribution in [-0.4, -0.2) is 22.3 Å². The van der Waals surface area contributed by atoms with Gasteiger partial charge in [-0.05, 0) is 23.8 Å². The second kappa shape index (κ2) is 5.63. The monoisotopic (exact) mass is 386 g/mol. The zero-order valence-electron chi connectivity index (χ0n) is 14.9. The maximum Gasteiger partial charge on any atom is 0.186 e. The molecule has 0 radical (unpaired) electrons. The number of carbonyl (C=O) groups is 1. The molecule has 0 bridgehead atoms. The van der Waals surface area contributed by atoms with Crippen LogP contribution in [0, 0.1) is 0 Å². The van der Waals surface area contributed by atoms with Gasteiger partial charge in [-0.25, -0.2) is 0 Å². The van der Waals surface area contributed by atoms with Gasteiger partial charge in [0.1, 0.15) is 11.4 Å². The highest BCUT2D eigenvalue weighted by atomic mass is 35.5. The van der Waals surface area contributed by atoms with E-state index in [2.05, 4.69) is 34.2 Å². The molecule has 2 aromatic carbocycles. The van der Waals surface area contributed by atoms with Crippen LogP contribution < -0.4 is 4.74 Å². The molecule has 4 nitrogen and oxygen atoms in total. The molecule has 0 N–H and O–H groups in total. The van der Waals surface area contributed by atoms with Crippen molar-refractivity contribution in [2.24, 2.45) is 0 Å². The van der Waals surface area contributed by atoms with Gasteiger partial charge in [0.25, 0.3) is 0 Å². The summed E-state index contributed by atoms with van der Waals surface area (Å²) in [7, 11) is 0. The molecular weight excluding hydrogens is 372 g/mol. The smallest absolute Gasteiger partial charge is 0.186 e. The Morgan fingerprint density at radius 3 is 2.61 bits per heavy atom. The van der Waals surface area contributed by atoms with E-state index >= 15 is 0 Å². The van der Waals surface area contributed by atoms with Crippen LogP contribution in [0.25, 0.3) is 17.5 Å². The highest BCUT2D eigenvalue weighted by Crippen LogP contribution is 2.49. The number of ether oxygens (including phenoxy) is 1. The largest absolute Gasteiger partial charge is 0.453 e. The zero-order chi connectivity index (χ0) is 18.8. The first kappa shape index (κ1) is 15.8. The molecule has 4 aliphatic rings. The van der Waals surface area contributed by atoms with Gasteiger partial charge in [0.15, 0.2) is 11.5 Å². The second-order valence-corrected chi connectivity index (χ2v) is 7.50. The quantitative estimate of drug-likeness (QED) is 0.652. The number of ketones is 1. The predicted octanol–water partition coefficient (Wildman–Crippen LogP) is 4.77. The molecule has 6 rings (SSSR count). The third-order valence-corrected chi connectivity index (χ3v) is 5.84. The zero-order valence-corrected chi connectivity index (χ0v) is 15.6. The maximum atomic E-state index is 12.9. The van der Waals surface area contributed by atoms with Crippen molar-refractivity contribution in [3.63, 3.8) is 0 Å². The molecule has 3 aliphatic heterocycles. The minimum absolute atomic E-state index is 0.0161. The Morgan fingerprint density at radius 1 is 0.929 bits per heavy atom. The van der Waals surface area contributed by atoms with Crippen LogP contribution in [-0.2, 0) is 4.79 Å². The summed E-state index contributed by atoms with van der Waals surface area (Å²) in [4.78, 5) is 17.2. The molecule has 0 fully saturated rings. The van der Waals surface area contributed by atoms with Gasteiger partial charge >= 0.3 is 0 Å². The lowest BCUT2D eigenvalue weighted by Gasteiger charge is -2.26. The molecule has 0 saturated carbocycles. The highest BCUT2D eigenvalue weighted by Gasteiger charge is 2.41. The number of benzene rings is 2. The van der Waals surface area contributed by atoms with Crippen LogP contribution in [0.15, 0.2) is 77.3 Å². The summed E-state index contributed by atoms with van der Waals surface area (Å²) in [5.74, 6) is 1.16. The third-order valence-electron chi connectivity index (χ3n) is 5.51. The molecule has 28 heavy (non-hydrogen) atoms. The van der Waals surface area contributed by atoms with E-state index < -0.39 is 0 Å². The Labute approximate surface area is 167 Å². The molecular formula is C23H15ClN2O2. The molecule has 0 saturated heterocycles. The number of rotatable bonds is 0. The number of Topliss-reactive ketones (excluding diaryl/α,β-unsaturated/α-hetero) is 1. The minimum Gasteiger partial charge on any atom is -0.453 e. The van der Waals surface area contributed by atoms with E-state index in [4.69, 9.17) is 16.3 Å². The van der Waals surface area contributed by atoms with Crippen LogP contribution in [0.5, 0.6) is 5.75 Å².